The molecule has 1 aromatic carbocycles. The molecule has 29 heavy (non-hydrogen) atoms. The Labute approximate surface area is 171 Å². The van der Waals surface area contributed by atoms with Gasteiger partial charge in [-0.05, 0) is 49.4 Å². The van der Waals surface area contributed by atoms with E-state index in [0.717, 1.165) is 56.4 Å². The van der Waals surface area contributed by atoms with Gasteiger partial charge in [0.05, 0.1) is 0 Å². The van der Waals surface area contributed by atoms with Crippen molar-refractivity contribution in [3.63, 3.8) is 0 Å². The van der Waals surface area contributed by atoms with Gasteiger partial charge >= 0.3 is 0 Å². The van der Waals surface area contributed by atoms with Crippen molar-refractivity contribution in [3.05, 3.63) is 42.0 Å². The van der Waals surface area contributed by atoms with Gasteiger partial charge in [-0.25, -0.2) is 0 Å². The molecule has 0 saturated carbocycles. The first-order chi connectivity index (χ1) is 14.3. The maximum Gasteiger partial charge on any atom is 0.263 e. The third kappa shape index (κ3) is 3.73. The Bertz CT molecular complexity index is 858. The highest BCUT2D eigenvalue weighted by Gasteiger charge is 2.31. The highest BCUT2D eigenvalue weighted by Crippen LogP contribution is 2.28. The predicted molar refractivity (Wildman–Crippen MR) is 111 cm³/mol. The van der Waals surface area contributed by atoms with E-state index in [1.807, 2.05) is 23.1 Å². The zero-order valence-electron chi connectivity index (χ0n) is 16.7. The maximum atomic E-state index is 12.9. The Hall–Kier alpha value is -2.83. The van der Waals surface area contributed by atoms with E-state index in [1.54, 1.807) is 0 Å². The fourth-order valence-electron chi connectivity index (χ4n) is 4.46. The first kappa shape index (κ1) is 18.2. The first-order valence-corrected chi connectivity index (χ1v) is 10.6. The average Bonchev–Trinajstić information content (AvgIpc) is 3.33. The highest BCUT2D eigenvalue weighted by molar-refractivity contribution is 5.82. The predicted octanol–water partition coefficient (Wildman–Crippen LogP) is 2.12. The van der Waals surface area contributed by atoms with Crippen molar-refractivity contribution in [3.8, 4) is 5.75 Å². The van der Waals surface area contributed by atoms with Crippen molar-refractivity contribution in [2.75, 3.05) is 49.1 Å². The molecule has 1 unspecified atom stereocenters. The van der Waals surface area contributed by atoms with Crippen LogP contribution in [-0.4, -0.2) is 66.4 Å². The zero-order valence-corrected chi connectivity index (χ0v) is 16.7. The van der Waals surface area contributed by atoms with Crippen LogP contribution in [-0.2, 0) is 11.2 Å². The number of ether oxygens (including phenoxy) is 1. The van der Waals surface area contributed by atoms with E-state index in [1.165, 1.54) is 18.4 Å². The van der Waals surface area contributed by atoms with E-state index in [2.05, 4.69) is 38.2 Å². The molecule has 152 valence electrons. The number of aryl methyl sites for hydroxylation is 1. The number of hydrogen-bond donors (Lipinski definition) is 0. The molecule has 0 aliphatic carbocycles. The second-order valence-electron chi connectivity index (χ2n) is 8.01. The summed E-state index contributed by atoms with van der Waals surface area (Å²) in [6.07, 6.45) is 3.74. The number of carbonyl (C=O) groups is 1. The summed E-state index contributed by atoms with van der Waals surface area (Å²) in [5.74, 6) is 2.82. The molecule has 0 bridgehead atoms. The fourth-order valence-corrected chi connectivity index (χ4v) is 4.46. The SMILES string of the molecule is O=C(C1CCc2ccccc2O1)N1CCN(c2ccc(N3CCCC3)nn2)CC1. The molecule has 0 radical (unpaired) electrons. The molecule has 5 rings (SSSR count). The summed E-state index contributed by atoms with van der Waals surface area (Å²) in [4.78, 5) is 19.4. The van der Waals surface area contributed by atoms with Gasteiger partial charge in [-0.3, -0.25) is 4.79 Å². The number of para-hydroxylation sites is 1. The number of benzene rings is 1. The van der Waals surface area contributed by atoms with Crippen molar-refractivity contribution >= 4 is 17.5 Å². The molecular weight excluding hydrogens is 366 g/mol. The summed E-state index contributed by atoms with van der Waals surface area (Å²) in [5.41, 5.74) is 1.19. The number of carbonyl (C=O) groups excluding carboxylic acids is 1. The second kappa shape index (κ2) is 7.89. The lowest BCUT2D eigenvalue weighted by Gasteiger charge is -2.37. The summed E-state index contributed by atoms with van der Waals surface area (Å²) in [6, 6.07) is 12.1. The zero-order chi connectivity index (χ0) is 19.6. The van der Waals surface area contributed by atoms with Crippen LogP contribution in [0.2, 0.25) is 0 Å². The van der Waals surface area contributed by atoms with Crippen LogP contribution in [0.4, 0.5) is 11.6 Å². The van der Waals surface area contributed by atoms with Gasteiger partial charge in [0, 0.05) is 39.3 Å². The number of anilines is 2. The van der Waals surface area contributed by atoms with Gasteiger partial charge in [0.2, 0.25) is 0 Å². The van der Waals surface area contributed by atoms with Crippen LogP contribution in [0.25, 0.3) is 0 Å². The van der Waals surface area contributed by atoms with E-state index < -0.39 is 0 Å². The number of fused-ring (bicyclic) bond motifs is 1. The van der Waals surface area contributed by atoms with Gasteiger partial charge in [0.15, 0.2) is 17.7 Å². The molecule has 2 saturated heterocycles. The molecule has 2 aromatic rings. The van der Waals surface area contributed by atoms with Gasteiger partial charge in [0.1, 0.15) is 5.75 Å². The van der Waals surface area contributed by atoms with Crippen LogP contribution < -0.4 is 14.5 Å². The van der Waals surface area contributed by atoms with Crippen LogP contribution in [0.5, 0.6) is 5.75 Å². The number of rotatable bonds is 3. The van der Waals surface area contributed by atoms with E-state index >= 15 is 0 Å². The minimum atomic E-state index is -0.365. The molecule has 3 aliphatic heterocycles. The average molecular weight is 393 g/mol. The lowest BCUT2D eigenvalue weighted by Crippen LogP contribution is -2.53. The molecule has 0 N–H and O–H groups in total. The largest absolute Gasteiger partial charge is 0.480 e. The summed E-state index contributed by atoms with van der Waals surface area (Å²) < 4.78 is 5.99. The van der Waals surface area contributed by atoms with Crippen molar-refractivity contribution < 1.29 is 9.53 Å². The van der Waals surface area contributed by atoms with Crippen LogP contribution in [0.15, 0.2) is 36.4 Å². The monoisotopic (exact) mass is 393 g/mol. The molecule has 0 spiro atoms. The quantitative estimate of drug-likeness (QED) is 0.796. The summed E-state index contributed by atoms with van der Waals surface area (Å²) >= 11 is 0. The Kier molecular flexibility index (Phi) is 4.96. The van der Waals surface area contributed by atoms with E-state index in [4.69, 9.17) is 4.74 Å². The Morgan fingerprint density at radius 3 is 2.21 bits per heavy atom. The topological polar surface area (TPSA) is 61.8 Å². The van der Waals surface area contributed by atoms with Gasteiger partial charge in [-0.2, -0.15) is 0 Å². The molecule has 4 heterocycles. The Morgan fingerprint density at radius 1 is 0.862 bits per heavy atom. The second-order valence-corrected chi connectivity index (χ2v) is 8.01. The third-order valence-electron chi connectivity index (χ3n) is 6.17. The number of nitrogens with zero attached hydrogens (tertiary/aromatic N) is 5. The molecular formula is C22H27N5O2. The van der Waals surface area contributed by atoms with E-state index in [0.29, 0.717) is 13.1 Å². The highest BCUT2D eigenvalue weighted by atomic mass is 16.5. The first-order valence-electron chi connectivity index (χ1n) is 10.6. The molecule has 3 aliphatic rings. The molecule has 7 heteroatoms. The molecule has 1 atom stereocenters. The van der Waals surface area contributed by atoms with E-state index in [-0.39, 0.29) is 12.0 Å². The summed E-state index contributed by atoms with van der Waals surface area (Å²) in [7, 11) is 0. The fraction of sp³-hybridized carbons (Fsp3) is 0.500. The number of piperazine rings is 1. The van der Waals surface area contributed by atoms with Gasteiger partial charge in [0.25, 0.3) is 5.91 Å². The minimum Gasteiger partial charge on any atom is -0.480 e. The van der Waals surface area contributed by atoms with Gasteiger partial charge in [-0.15, -0.1) is 10.2 Å². The number of hydrogen-bond acceptors (Lipinski definition) is 6. The van der Waals surface area contributed by atoms with Crippen LogP contribution in [0.1, 0.15) is 24.8 Å². The number of aromatic nitrogens is 2. The van der Waals surface area contributed by atoms with Crippen LogP contribution in [0, 0.1) is 0 Å². The lowest BCUT2D eigenvalue weighted by molar-refractivity contribution is -0.139. The molecule has 7 nitrogen and oxygen atoms in total. The standard InChI is InChI=1S/C22H27N5O2/c28-22(19-8-7-17-5-1-2-6-18(17)29-19)27-15-13-26(14-16-27)21-10-9-20(23-24-21)25-11-3-4-12-25/h1-2,5-6,9-10,19H,3-4,7-8,11-16H2. The van der Waals surface area contributed by atoms with Crippen molar-refractivity contribution in [1.82, 2.24) is 15.1 Å². The van der Waals surface area contributed by atoms with Crippen LogP contribution in [0.3, 0.4) is 0 Å². The molecule has 1 aromatic heterocycles. The van der Waals surface area contributed by atoms with Crippen molar-refractivity contribution in [2.24, 2.45) is 0 Å². The van der Waals surface area contributed by atoms with Crippen LogP contribution >= 0.6 is 0 Å². The van der Waals surface area contributed by atoms with Gasteiger partial charge in [-0.1, -0.05) is 18.2 Å². The lowest BCUT2D eigenvalue weighted by atomic mass is 10.0. The minimum absolute atomic E-state index is 0.106. The maximum absolute atomic E-state index is 12.9. The Balaban J connectivity index is 1.17. The number of amides is 1. The van der Waals surface area contributed by atoms with Gasteiger partial charge < -0.3 is 19.4 Å². The Morgan fingerprint density at radius 2 is 1.52 bits per heavy atom. The third-order valence-corrected chi connectivity index (χ3v) is 6.17. The summed E-state index contributed by atoms with van der Waals surface area (Å²) in [5, 5.41) is 8.86. The van der Waals surface area contributed by atoms with Crippen molar-refractivity contribution in [2.45, 2.75) is 31.8 Å². The molecule has 1 amide bonds. The molecule has 2 fully saturated rings. The van der Waals surface area contributed by atoms with E-state index in [9.17, 15) is 4.79 Å². The smallest absolute Gasteiger partial charge is 0.263 e. The van der Waals surface area contributed by atoms with Crippen molar-refractivity contribution in [1.29, 1.82) is 0 Å². The normalized spacial score (nSPS) is 21.7. The summed E-state index contributed by atoms with van der Waals surface area (Å²) in [6.45, 7) is 5.07.